The molecular weight excluding hydrogens is 312 g/mol. The van der Waals surface area contributed by atoms with Crippen LogP contribution < -0.4 is 10.6 Å². The zero-order chi connectivity index (χ0) is 14.9. The smallest absolute Gasteiger partial charge is 0.0425 e. The van der Waals surface area contributed by atoms with Crippen LogP contribution in [0.2, 0.25) is 0 Å². The average Bonchev–Trinajstić information content (AvgIpc) is 2.37. The first-order chi connectivity index (χ1) is 9.29. The molecule has 0 aliphatic carbocycles. The van der Waals surface area contributed by atoms with Gasteiger partial charge in [-0.2, -0.15) is 0 Å². The fourth-order valence-electron chi connectivity index (χ4n) is 3.16. The second kappa shape index (κ2) is 6.07. The summed E-state index contributed by atoms with van der Waals surface area (Å²) in [7, 11) is 0. The molecule has 0 spiro atoms. The molecule has 1 saturated heterocycles. The van der Waals surface area contributed by atoms with Crippen LogP contribution in [-0.2, 0) is 0 Å². The summed E-state index contributed by atoms with van der Waals surface area (Å²) < 4.78 is 1.13. The van der Waals surface area contributed by atoms with Gasteiger partial charge in [0, 0.05) is 29.3 Å². The Morgan fingerprint density at radius 2 is 1.85 bits per heavy atom. The fourth-order valence-corrected chi connectivity index (χ4v) is 3.51. The van der Waals surface area contributed by atoms with Gasteiger partial charge in [-0.3, -0.25) is 0 Å². The molecule has 0 radical (unpaired) electrons. The van der Waals surface area contributed by atoms with Crippen LogP contribution in [0.1, 0.15) is 52.1 Å². The Bertz CT molecular complexity index is 455. The third kappa shape index (κ3) is 3.56. The van der Waals surface area contributed by atoms with Crippen LogP contribution in [0.5, 0.6) is 0 Å². The summed E-state index contributed by atoms with van der Waals surface area (Å²) in [6.07, 6.45) is 2.54. The molecule has 1 unspecified atom stereocenters. The fraction of sp³-hybridized carbons (Fsp3) is 0.647. The van der Waals surface area contributed by atoms with E-state index in [9.17, 15) is 0 Å². The standard InChI is InChI=1S/C17H27BrN2/c1-12(19)15-6-5-14(18)11-16(15)20-9-7-13(8-10-20)17(2,3)4/h5-6,11-13H,7-10,19H2,1-4H3. The third-order valence-corrected chi connectivity index (χ3v) is 5.04. The van der Waals surface area contributed by atoms with Crippen molar-refractivity contribution in [3.8, 4) is 0 Å². The van der Waals surface area contributed by atoms with Crippen molar-refractivity contribution in [2.24, 2.45) is 17.1 Å². The number of halogens is 1. The Labute approximate surface area is 131 Å². The lowest BCUT2D eigenvalue weighted by atomic mass is 9.75. The van der Waals surface area contributed by atoms with E-state index in [-0.39, 0.29) is 6.04 Å². The second-order valence-corrected chi connectivity index (χ2v) is 8.03. The van der Waals surface area contributed by atoms with Gasteiger partial charge in [0.2, 0.25) is 0 Å². The minimum atomic E-state index is 0.0819. The third-order valence-electron chi connectivity index (χ3n) is 4.54. The molecule has 1 aliphatic heterocycles. The first-order valence-electron chi connectivity index (χ1n) is 7.59. The van der Waals surface area contributed by atoms with Crippen LogP contribution in [0.4, 0.5) is 5.69 Å². The molecule has 1 aliphatic rings. The van der Waals surface area contributed by atoms with Crippen molar-refractivity contribution in [2.45, 2.75) is 46.6 Å². The topological polar surface area (TPSA) is 29.3 Å². The van der Waals surface area contributed by atoms with Gasteiger partial charge in [-0.15, -0.1) is 0 Å². The van der Waals surface area contributed by atoms with Crippen molar-refractivity contribution in [3.05, 3.63) is 28.2 Å². The van der Waals surface area contributed by atoms with Gasteiger partial charge in [-0.05, 0) is 48.8 Å². The average molecular weight is 339 g/mol. The monoisotopic (exact) mass is 338 g/mol. The highest BCUT2D eigenvalue weighted by atomic mass is 79.9. The summed E-state index contributed by atoms with van der Waals surface area (Å²) in [5, 5.41) is 0. The second-order valence-electron chi connectivity index (χ2n) is 7.12. The van der Waals surface area contributed by atoms with Crippen LogP contribution in [0.15, 0.2) is 22.7 Å². The highest BCUT2D eigenvalue weighted by molar-refractivity contribution is 9.10. The summed E-state index contributed by atoms with van der Waals surface area (Å²) in [6.45, 7) is 11.4. The molecule has 0 saturated carbocycles. The van der Waals surface area contributed by atoms with Gasteiger partial charge in [0.15, 0.2) is 0 Å². The molecular formula is C17H27BrN2. The molecule has 1 aromatic rings. The van der Waals surface area contributed by atoms with Crippen LogP contribution in [-0.4, -0.2) is 13.1 Å². The van der Waals surface area contributed by atoms with Gasteiger partial charge in [0.1, 0.15) is 0 Å². The van der Waals surface area contributed by atoms with E-state index < -0.39 is 0 Å². The molecule has 112 valence electrons. The van der Waals surface area contributed by atoms with Gasteiger partial charge in [0.05, 0.1) is 0 Å². The molecule has 2 rings (SSSR count). The summed E-state index contributed by atoms with van der Waals surface area (Å²) in [6, 6.07) is 6.54. The van der Waals surface area contributed by atoms with Crippen LogP contribution in [0, 0.1) is 11.3 Å². The largest absolute Gasteiger partial charge is 0.371 e. The number of piperidine rings is 1. The molecule has 0 amide bonds. The summed E-state index contributed by atoms with van der Waals surface area (Å²) in [5.41, 5.74) is 9.11. The van der Waals surface area contributed by atoms with Crippen molar-refractivity contribution >= 4 is 21.6 Å². The maximum absolute atomic E-state index is 6.13. The molecule has 2 N–H and O–H groups in total. The Kier molecular flexibility index (Phi) is 4.80. The lowest BCUT2D eigenvalue weighted by molar-refractivity contribution is 0.199. The number of nitrogens with zero attached hydrogens (tertiary/aromatic N) is 1. The van der Waals surface area contributed by atoms with E-state index in [1.54, 1.807) is 0 Å². The van der Waals surface area contributed by atoms with Gasteiger partial charge in [-0.25, -0.2) is 0 Å². The minimum Gasteiger partial charge on any atom is -0.371 e. The first-order valence-corrected chi connectivity index (χ1v) is 8.38. The number of benzene rings is 1. The van der Waals surface area contributed by atoms with E-state index in [2.05, 4.69) is 66.7 Å². The summed E-state index contributed by atoms with van der Waals surface area (Å²) in [4.78, 5) is 2.51. The lowest BCUT2D eigenvalue weighted by Crippen LogP contribution is -2.38. The van der Waals surface area contributed by atoms with Crippen molar-refractivity contribution < 1.29 is 0 Å². The molecule has 1 aromatic carbocycles. The zero-order valence-electron chi connectivity index (χ0n) is 13.1. The molecule has 0 bridgehead atoms. The number of hydrogen-bond donors (Lipinski definition) is 1. The van der Waals surface area contributed by atoms with Crippen molar-refractivity contribution in [1.82, 2.24) is 0 Å². The normalized spacial score (nSPS) is 19.2. The van der Waals surface area contributed by atoms with E-state index in [4.69, 9.17) is 5.73 Å². The first kappa shape index (κ1) is 15.8. The van der Waals surface area contributed by atoms with E-state index in [0.717, 1.165) is 23.5 Å². The predicted molar refractivity (Wildman–Crippen MR) is 91.1 cm³/mol. The van der Waals surface area contributed by atoms with Crippen molar-refractivity contribution in [2.75, 3.05) is 18.0 Å². The van der Waals surface area contributed by atoms with Gasteiger partial charge in [-0.1, -0.05) is 42.8 Å². The SMILES string of the molecule is CC(N)c1ccc(Br)cc1N1CCC(C(C)(C)C)CC1. The number of nitrogens with two attached hydrogens (primary N) is 1. The van der Waals surface area contributed by atoms with Gasteiger partial charge in [0.25, 0.3) is 0 Å². The van der Waals surface area contributed by atoms with Gasteiger partial charge < -0.3 is 10.6 Å². The van der Waals surface area contributed by atoms with Gasteiger partial charge >= 0.3 is 0 Å². The highest BCUT2D eigenvalue weighted by Gasteiger charge is 2.29. The highest BCUT2D eigenvalue weighted by Crippen LogP contribution is 2.37. The number of anilines is 1. The van der Waals surface area contributed by atoms with E-state index in [1.807, 2.05) is 0 Å². The molecule has 2 nitrogen and oxygen atoms in total. The Morgan fingerprint density at radius 3 is 2.35 bits per heavy atom. The Hall–Kier alpha value is -0.540. The van der Waals surface area contributed by atoms with Crippen molar-refractivity contribution in [1.29, 1.82) is 0 Å². The Balaban J connectivity index is 2.16. The summed E-state index contributed by atoms with van der Waals surface area (Å²) >= 11 is 3.59. The maximum atomic E-state index is 6.13. The van der Waals surface area contributed by atoms with Crippen LogP contribution in [0.3, 0.4) is 0 Å². The molecule has 3 heteroatoms. The van der Waals surface area contributed by atoms with Crippen molar-refractivity contribution in [3.63, 3.8) is 0 Å². The Morgan fingerprint density at radius 1 is 1.25 bits per heavy atom. The van der Waals surface area contributed by atoms with Crippen LogP contribution in [0.25, 0.3) is 0 Å². The maximum Gasteiger partial charge on any atom is 0.0425 e. The molecule has 0 aromatic heterocycles. The minimum absolute atomic E-state index is 0.0819. The number of rotatable bonds is 2. The van der Waals surface area contributed by atoms with E-state index in [0.29, 0.717) is 5.41 Å². The molecule has 20 heavy (non-hydrogen) atoms. The van der Waals surface area contributed by atoms with E-state index in [1.165, 1.54) is 24.1 Å². The number of hydrogen-bond acceptors (Lipinski definition) is 2. The lowest BCUT2D eigenvalue weighted by Gasteiger charge is -2.40. The summed E-state index contributed by atoms with van der Waals surface area (Å²) in [5.74, 6) is 0.824. The molecule has 1 fully saturated rings. The van der Waals surface area contributed by atoms with Crippen LogP contribution >= 0.6 is 15.9 Å². The molecule has 1 heterocycles. The zero-order valence-corrected chi connectivity index (χ0v) is 14.7. The molecule has 1 atom stereocenters. The quantitative estimate of drug-likeness (QED) is 0.844. The predicted octanol–water partition coefficient (Wildman–Crippen LogP) is 4.73. The van der Waals surface area contributed by atoms with E-state index >= 15 is 0 Å².